The maximum absolute atomic E-state index is 13.4. The van der Waals surface area contributed by atoms with E-state index in [1.165, 1.54) is 13.0 Å². The van der Waals surface area contributed by atoms with Crippen molar-refractivity contribution in [2.24, 2.45) is 0 Å². The zero-order valence-corrected chi connectivity index (χ0v) is 19.8. The number of anilines is 1. The second-order valence-electron chi connectivity index (χ2n) is 7.64. The van der Waals surface area contributed by atoms with Crippen molar-refractivity contribution in [1.29, 1.82) is 0 Å². The lowest BCUT2D eigenvalue weighted by Crippen LogP contribution is -2.17. The van der Waals surface area contributed by atoms with E-state index < -0.39 is 12.0 Å². The van der Waals surface area contributed by atoms with Crippen molar-refractivity contribution in [2.75, 3.05) is 11.9 Å². The van der Waals surface area contributed by atoms with Crippen molar-refractivity contribution < 1.29 is 18.7 Å². The number of hydrogen-bond acceptors (Lipinski definition) is 5. The first-order valence-electron chi connectivity index (χ1n) is 10.3. The highest BCUT2D eigenvalue weighted by Crippen LogP contribution is 2.36. The Morgan fingerprint density at radius 2 is 1.71 bits per heavy atom. The number of hydrogen-bond donors (Lipinski definition) is 1. The second-order valence-corrected chi connectivity index (χ2v) is 8.45. The molecule has 0 saturated heterocycles. The Kier molecular flexibility index (Phi) is 6.72. The van der Waals surface area contributed by atoms with Gasteiger partial charge in [-0.15, -0.1) is 0 Å². The van der Waals surface area contributed by atoms with E-state index in [0.29, 0.717) is 32.4 Å². The van der Waals surface area contributed by atoms with Crippen molar-refractivity contribution in [2.45, 2.75) is 13.8 Å². The van der Waals surface area contributed by atoms with Gasteiger partial charge in [-0.2, -0.15) is 0 Å². The summed E-state index contributed by atoms with van der Waals surface area (Å²) in [5, 5.41) is 3.63. The molecule has 8 heteroatoms. The van der Waals surface area contributed by atoms with Gasteiger partial charge in [0.2, 0.25) is 17.1 Å². The maximum Gasteiger partial charge on any atom is 0.235 e. The number of amides is 1. The van der Waals surface area contributed by atoms with E-state index >= 15 is 0 Å². The fourth-order valence-electron chi connectivity index (χ4n) is 3.42. The van der Waals surface area contributed by atoms with Gasteiger partial charge in [-0.05, 0) is 61.0 Å². The standard InChI is InChI=1S/C26H19Cl2NO5/c1-14-11-23-19(12-21(14)28)24(32)26(25(34-23)18-5-3-4-6-20(18)27)33-13-22(31)16-7-9-17(10-8-16)29-15(2)30/h3-12H,13H2,1-2H3,(H,29,30). The summed E-state index contributed by atoms with van der Waals surface area (Å²) in [6, 6.07) is 16.4. The number of rotatable bonds is 6. The van der Waals surface area contributed by atoms with Gasteiger partial charge in [0, 0.05) is 28.8 Å². The van der Waals surface area contributed by atoms with Crippen LogP contribution in [0.2, 0.25) is 10.0 Å². The first-order valence-corrected chi connectivity index (χ1v) is 11.1. The number of nitrogens with one attached hydrogen (secondary N) is 1. The summed E-state index contributed by atoms with van der Waals surface area (Å²) in [5.41, 5.74) is 1.98. The summed E-state index contributed by atoms with van der Waals surface area (Å²) in [6.07, 6.45) is 0. The van der Waals surface area contributed by atoms with E-state index in [4.69, 9.17) is 32.4 Å². The molecule has 0 saturated carbocycles. The maximum atomic E-state index is 13.4. The molecule has 0 bridgehead atoms. The van der Waals surface area contributed by atoms with Crippen LogP contribution in [0.25, 0.3) is 22.3 Å². The zero-order chi connectivity index (χ0) is 24.4. The van der Waals surface area contributed by atoms with Crippen LogP contribution in [0, 0.1) is 6.92 Å². The highest BCUT2D eigenvalue weighted by molar-refractivity contribution is 6.33. The average Bonchev–Trinajstić information content (AvgIpc) is 2.80. The van der Waals surface area contributed by atoms with Crippen LogP contribution in [0.3, 0.4) is 0 Å². The van der Waals surface area contributed by atoms with Crippen LogP contribution in [0.4, 0.5) is 5.69 Å². The van der Waals surface area contributed by atoms with Crippen molar-refractivity contribution in [1.82, 2.24) is 0 Å². The molecule has 0 fully saturated rings. The van der Waals surface area contributed by atoms with Crippen LogP contribution in [0.15, 0.2) is 69.9 Å². The molecule has 1 aromatic heterocycles. The van der Waals surface area contributed by atoms with Crippen molar-refractivity contribution >= 4 is 51.5 Å². The third kappa shape index (κ3) is 4.83. The number of aryl methyl sites for hydroxylation is 1. The first-order chi connectivity index (χ1) is 16.2. The Morgan fingerprint density at radius 3 is 2.38 bits per heavy atom. The molecule has 1 heterocycles. The quantitative estimate of drug-likeness (QED) is 0.317. The van der Waals surface area contributed by atoms with Crippen LogP contribution in [0.5, 0.6) is 5.75 Å². The summed E-state index contributed by atoms with van der Waals surface area (Å²) in [5.74, 6) is -0.587. The third-order valence-corrected chi connectivity index (χ3v) is 5.86. The summed E-state index contributed by atoms with van der Waals surface area (Å²) >= 11 is 12.6. The Labute approximate surface area is 205 Å². The molecule has 4 rings (SSSR count). The van der Waals surface area contributed by atoms with Crippen LogP contribution in [-0.2, 0) is 4.79 Å². The normalized spacial score (nSPS) is 10.8. The van der Waals surface area contributed by atoms with E-state index in [1.807, 2.05) is 0 Å². The minimum atomic E-state index is -0.466. The predicted octanol–water partition coefficient (Wildman–Crippen LogP) is 6.30. The molecule has 0 atom stereocenters. The molecule has 34 heavy (non-hydrogen) atoms. The number of benzene rings is 3. The zero-order valence-electron chi connectivity index (χ0n) is 18.3. The first kappa shape index (κ1) is 23.5. The summed E-state index contributed by atoms with van der Waals surface area (Å²) in [7, 11) is 0. The lowest BCUT2D eigenvalue weighted by atomic mass is 10.1. The van der Waals surface area contributed by atoms with E-state index in [-0.39, 0.29) is 28.6 Å². The van der Waals surface area contributed by atoms with Gasteiger partial charge < -0.3 is 14.5 Å². The molecule has 1 amide bonds. The molecule has 0 aliphatic heterocycles. The monoisotopic (exact) mass is 495 g/mol. The molecule has 4 aromatic rings. The minimum Gasteiger partial charge on any atom is -0.478 e. The van der Waals surface area contributed by atoms with E-state index in [9.17, 15) is 14.4 Å². The molecular formula is C26H19Cl2NO5. The highest BCUT2D eigenvalue weighted by atomic mass is 35.5. The lowest BCUT2D eigenvalue weighted by Gasteiger charge is -2.13. The topological polar surface area (TPSA) is 85.6 Å². The van der Waals surface area contributed by atoms with Crippen LogP contribution in [-0.4, -0.2) is 18.3 Å². The van der Waals surface area contributed by atoms with E-state index in [0.717, 1.165) is 5.56 Å². The number of ketones is 1. The predicted molar refractivity (Wildman–Crippen MR) is 133 cm³/mol. The summed E-state index contributed by atoms with van der Waals surface area (Å²) in [6.45, 7) is 2.79. The molecule has 3 aromatic carbocycles. The van der Waals surface area contributed by atoms with Gasteiger partial charge in [0.05, 0.1) is 10.4 Å². The van der Waals surface area contributed by atoms with E-state index in [2.05, 4.69) is 5.32 Å². The minimum absolute atomic E-state index is 0.124. The number of carbonyl (C=O) groups is 2. The molecular weight excluding hydrogens is 477 g/mol. The Hall–Kier alpha value is -3.61. The van der Waals surface area contributed by atoms with Gasteiger partial charge in [-0.1, -0.05) is 35.3 Å². The van der Waals surface area contributed by atoms with Crippen LogP contribution < -0.4 is 15.5 Å². The largest absolute Gasteiger partial charge is 0.478 e. The summed E-state index contributed by atoms with van der Waals surface area (Å²) in [4.78, 5) is 37.3. The Morgan fingerprint density at radius 1 is 1.00 bits per heavy atom. The Bertz CT molecular complexity index is 1480. The van der Waals surface area contributed by atoms with Gasteiger partial charge in [0.15, 0.2) is 18.2 Å². The van der Waals surface area contributed by atoms with Gasteiger partial charge in [-0.25, -0.2) is 0 Å². The number of fused-ring (bicyclic) bond motifs is 1. The fourth-order valence-corrected chi connectivity index (χ4v) is 3.80. The number of halogens is 2. The molecule has 0 aliphatic rings. The van der Waals surface area contributed by atoms with Crippen LogP contribution >= 0.6 is 23.2 Å². The number of carbonyl (C=O) groups excluding carboxylic acids is 2. The molecule has 172 valence electrons. The highest BCUT2D eigenvalue weighted by Gasteiger charge is 2.21. The smallest absolute Gasteiger partial charge is 0.235 e. The third-order valence-electron chi connectivity index (χ3n) is 5.12. The second kappa shape index (κ2) is 9.71. The van der Waals surface area contributed by atoms with Crippen molar-refractivity contribution in [3.63, 3.8) is 0 Å². The van der Waals surface area contributed by atoms with Gasteiger partial charge >= 0.3 is 0 Å². The average molecular weight is 496 g/mol. The Balaban J connectivity index is 1.73. The number of Topliss-reactive ketones (excluding diaryl/α,β-unsaturated/α-hetero) is 1. The SMILES string of the molecule is CC(=O)Nc1ccc(C(=O)COc2c(-c3ccccc3Cl)oc3cc(C)c(Cl)cc3c2=O)cc1. The fraction of sp³-hybridized carbons (Fsp3) is 0.115. The molecule has 6 nitrogen and oxygen atoms in total. The van der Waals surface area contributed by atoms with Crippen LogP contribution in [0.1, 0.15) is 22.8 Å². The lowest BCUT2D eigenvalue weighted by molar-refractivity contribution is -0.114. The van der Waals surface area contributed by atoms with Gasteiger partial charge in [0.25, 0.3) is 0 Å². The summed E-state index contributed by atoms with van der Waals surface area (Å²) < 4.78 is 11.8. The van der Waals surface area contributed by atoms with Crippen molar-refractivity contribution in [3.8, 4) is 17.1 Å². The molecule has 0 radical (unpaired) electrons. The molecule has 0 aliphatic carbocycles. The van der Waals surface area contributed by atoms with Gasteiger partial charge in [-0.3, -0.25) is 14.4 Å². The molecule has 0 unspecified atom stereocenters. The molecule has 0 spiro atoms. The van der Waals surface area contributed by atoms with Crippen molar-refractivity contribution in [3.05, 3.63) is 92.1 Å². The van der Waals surface area contributed by atoms with Gasteiger partial charge in [0.1, 0.15) is 5.58 Å². The van der Waals surface area contributed by atoms with E-state index in [1.54, 1.807) is 61.5 Å². The number of ether oxygens (including phenoxy) is 1. The molecule has 1 N–H and O–H groups in total.